The quantitative estimate of drug-likeness (QED) is 0.631. The van der Waals surface area contributed by atoms with Gasteiger partial charge in [-0.3, -0.25) is 19.3 Å². The molecule has 0 aliphatic carbocycles. The maximum Gasteiger partial charge on any atom is 0.276 e. The number of nitrogens with zero attached hydrogens (tertiary/aromatic N) is 4. The Hall–Kier alpha value is -2.19. The smallest absolute Gasteiger partial charge is 0.276 e. The summed E-state index contributed by atoms with van der Waals surface area (Å²) in [5.74, 6) is 0. The number of aliphatic hydroxyl groups excluding tert-OH is 1. The molecular weight excluding hydrogens is 396 g/mol. The lowest BCUT2D eigenvalue weighted by Crippen LogP contribution is -2.52. The van der Waals surface area contributed by atoms with Gasteiger partial charge in [-0.25, -0.2) is 4.68 Å². The zero-order valence-electron chi connectivity index (χ0n) is 17.7. The number of aliphatic hydroxyl groups is 1. The Bertz CT molecular complexity index is 1010. The molecule has 1 aliphatic rings. The molecule has 3 aromatic rings. The third-order valence-corrected chi connectivity index (χ3v) is 7.01. The normalized spacial score (nSPS) is 18.2. The lowest BCUT2D eigenvalue weighted by atomic mass is 10.1. The Kier molecular flexibility index (Phi) is 6.53. The van der Waals surface area contributed by atoms with Gasteiger partial charge in [-0.2, -0.15) is 0 Å². The van der Waals surface area contributed by atoms with Gasteiger partial charge in [-0.1, -0.05) is 24.3 Å². The molecule has 6 nitrogen and oxygen atoms in total. The van der Waals surface area contributed by atoms with Crippen LogP contribution in [-0.4, -0.2) is 56.6 Å². The molecular formula is C23H30N4O2S. The third-order valence-electron chi connectivity index (χ3n) is 6.15. The first-order chi connectivity index (χ1) is 14.6. The van der Waals surface area contributed by atoms with Crippen molar-refractivity contribution in [1.82, 2.24) is 19.2 Å². The zero-order chi connectivity index (χ0) is 21.1. The number of hydrogen-bond donors (Lipinski definition) is 1. The van der Waals surface area contributed by atoms with Crippen molar-refractivity contribution in [3.8, 4) is 5.69 Å². The Balaban J connectivity index is 1.52. The molecule has 2 aromatic heterocycles. The fourth-order valence-corrected chi connectivity index (χ4v) is 5.09. The van der Waals surface area contributed by atoms with Crippen molar-refractivity contribution >= 4 is 11.3 Å². The van der Waals surface area contributed by atoms with Crippen molar-refractivity contribution in [2.45, 2.75) is 32.5 Å². The monoisotopic (exact) mass is 426 g/mol. The first kappa shape index (κ1) is 21.1. The van der Waals surface area contributed by atoms with Gasteiger partial charge in [0, 0.05) is 63.0 Å². The van der Waals surface area contributed by atoms with E-state index in [0.29, 0.717) is 12.6 Å². The van der Waals surface area contributed by atoms with E-state index in [1.165, 1.54) is 4.88 Å². The van der Waals surface area contributed by atoms with Crippen LogP contribution in [0.5, 0.6) is 0 Å². The molecule has 160 valence electrons. The molecule has 1 aromatic carbocycles. The lowest BCUT2D eigenvalue weighted by molar-refractivity contribution is 0.0504. The van der Waals surface area contributed by atoms with Crippen molar-refractivity contribution in [2.24, 2.45) is 7.05 Å². The van der Waals surface area contributed by atoms with Crippen LogP contribution in [0.2, 0.25) is 0 Å². The highest BCUT2D eigenvalue weighted by molar-refractivity contribution is 7.09. The highest BCUT2D eigenvalue weighted by Gasteiger charge is 2.28. The lowest BCUT2D eigenvalue weighted by Gasteiger charge is -2.41. The third kappa shape index (κ3) is 4.30. The minimum Gasteiger partial charge on any atom is -0.396 e. The number of aromatic nitrogens is 2. The Morgan fingerprint density at radius 1 is 1.10 bits per heavy atom. The van der Waals surface area contributed by atoms with Gasteiger partial charge < -0.3 is 5.11 Å². The van der Waals surface area contributed by atoms with Crippen LogP contribution in [-0.2, 0) is 20.1 Å². The summed E-state index contributed by atoms with van der Waals surface area (Å²) in [6, 6.07) is 14.4. The number of piperazine rings is 1. The van der Waals surface area contributed by atoms with Crippen LogP contribution < -0.4 is 5.56 Å². The van der Waals surface area contributed by atoms with Crippen molar-refractivity contribution < 1.29 is 5.11 Å². The standard InChI is InChI=1S/C23H30N4O2S/c1-18-22(23(29)27(24(18)2)19-7-4-3-5-8-19)17-25-11-12-26(20(15-25)10-13-28)16-21-9-6-14-30-21/h3-9,14,20,28H,10-13,15-17H2,1-2H3/t20-/m0/s1. The molecule has 1 aliphatic heterocycles. The van der Waals surface area contributed by atoms with E-state index in [1.54, 1.807) is 16.0 Å². The summed E-state index contributed by atoms with van der Waals surface area (Å²) in [7, 11) is 1.95. The first-order valence-electron chi connectivity index (χ1n) is 10.5. The molecule has 30 heavy (non-hydrogen) atoms. The topological polar surface area (TPSA) is 53.6 Å². The zero-order valence-corrected chi connectivity index (χ0v) is 18.5. The van der Waals surface area contributed by atoms with Crippen molar-refractivity contribution in [3.63, 3.8) is 0 Å². The number of para-hydroxylation sites is 1. The fraction of sp³-hybridized carbons (Fsp3) is 0.435. The van der Waals surface area contributed by atoms with E-state index in [2.05, 4.69) is 27.3 Å². The summed E-state index contributed by atoms with van der Waals surface area (Å²) in [5.41, 5.74) is 2.80. The number of benzene rings is 1. The first-order valence-corrected chi connectivity index (χ1v) is 11.4. The molecule has 0 saturated carbocycles. The Labute approximate surface area is 181 Å². The summed E-state index contributed by atoms with van der Waals surface area (Å²) in [6.45, 7) is 6.52. The van der Waals surface area contributed by atoms with Crippen molar-refractivity contribution in [3.05, 3.63) is 74.3 Å². The summed E-state index contributed by atoms with van der Waals surface area (Å²) in [4.78, 5) is 19.4. The second-order valence-electron chi connectivity index (χ2n) is 7.99. The van der Waals surface area contributed by atoms with Crippen molar-refractivity contribution in [2.75, 3.05) is 26.2 Å². The van der Waals surface area contributed by atoms with Gasteiger partial charge in [0.05, 0.1) is 11.3 Å². The van der Waals surface area contributed by atoms with E-state index in [4.69, 9.17) is 0 Å². The average Bonchev–Trinajstić information content (AvgIpc) is 3.33. The second-order valence-corrected chi connectivity index (χ2v) is 9.02. The van der Waals surface area contributed by atoms with Gasteiger partial charge in [-0.05, 0) is 36.9 Å². The molecule has 7 heteroatoms. The molecule has 4 rings (SSSR count). The summed E-state index contributed by atoms with van der Waals surface area (Å²) >= 11 is 1.78. The predicted molar refractivity (Wildman–Crippen MR) is 121 cm³/mol. The van der Waals surface area contributed by atoms with E-state index < -0.39 is 0 Å². The second kappa shape index (κ2) is 9.31. The van der Waals surface area contributed by atoms with Gasteiger partial charge in [-0.15, -0.1) is 11.3 Å². The summed E-state index contributed by atoms with van der Waals surface area (Å²) in [6.07, 6.45) is 0.754. The molecule has 1 saturated heterocycles. The van der Waals surface area contributed by atoms with E-state index in [1.807, 2.05) is 49.0 Å². The molecule has 0 spiro atoms. The van der Waals surface area contributed by atoms with E-state index in [9.17, 15) is 9.90 Å². The van der Waals surface area contributed by atoms with Crippen LogP contribution in [0.4, 0.5) is 0 Å². The SMILES string of the molecule is Cc1c(CN2CCN(Cc3cccs3)[C@@H](CCO)C2)c(=O)n(-c2ccccc2)n1C. The molecule has 1 fully saturated rings. The average molecular weight is 427 g/mol. The van der Waals surface area contributed by atoms with Crippen LogP contribution in [0, 0.1) is 6.92 Å². The molecule has 0 unspecified atom stereocenters. The van der Waals surface area contributed by atoms with Gasteiger partial charge in [0.2, 0.25) is 0 Å². The van der Waals surface area contributed by atoms with E-state index in [-0.39, 0.29) is 12.2 Å². The summed E-state index contributed by atoms with van der Waals surface area (Å²) in [5, 5.41) is 11.7. The maximum absolute atomic E-state index is 13.2. The van der Waals surface area contributed by atoms with E-state index >= 15 is 0 Å². The fourth-order valence-electron chi connectivity index (χ4n) is 4.36. The van der Waals surface area contributed by atoms with Gasteiger partial charge in [0.25, 0.3) is 5.56 Å². The predicted octanol–water partition coefficient (Wildman–Crippen LogP) is 2.61. The van der Waals surface area contributed by atoms with Gasteiger partial charge in [0.1, 0.15) is 0 Å². The van der Waals surface area contributed by atoms with Crippen LogP contribution in [0.25, 0.3) is 5.69 Å². The van der Waals surface area contributed by atoms with Crippen LogP contribution in [0.1, 0.15) is 22.6 Å². The molecule has 0 amide bonds. The van der Waals surface area contributed by atoms with Crippen LogP contribution in [0.3, 0.4) is 0 Å². The maximum atomic E-state index is 13.2. The Morgan fingerprint density at radius 2 is 1.90 bits per heavy atom. The van der Waals surface area contributed by atoms with E-state index in [0.717, 1.165) is 49.5 Å². The number of thiophene rings is 1. The van der Waals surface area contributed by atoms with Crippen LogP contribution >= 0.6 is 11.3 Å². The highest BCUT2D eigenvalue weighted by Crippen LogP contribution is 2.21. The molecule has 0 bridgehead atoms. The van der Waals surface area contributed by atoms with Gasteiger partial charge in [0.15, 0.2) is 0 Å². The molecule has 1 atom stereocenters. The number of hydrogen-bond acceptors (Lipinski definition) is 5. The largest absolute Gasteiger partial charge is 0.396 e. The van der Waals surface area contributed by atoms with Crippen molar-refractivity contribution in [1.29, 1.82) is 0 Å². The minimum absolute atomic E-state index is 0.0564. The molecule has 0 radical (unpaired) electrons. The van der Waals surface area contributed by atoms with Gasteiger partial charge >= 0.3 is 0 Å². The summed E-state index contributed by atoms with van der Waals surface area (Å²) < 4.78 is 3.70. The van der Waals surface area contributed by atoms with Crippen LogP contribution in [0.15, 0.2) is 52.6 Å². The minimum atomic E-state index is 0.0564. The highest BCUT2D eigenvalue weighted by atomic mass is 32.1. The Morgan fingerprint density at radius 3 is 2.60 bits per heavy atom. The molecule has 1 N–H and O–H groups in total. The molecule has 3 heterocycles. The number of rotatable bonds is 7.